The number of hydrogen-bond acceptors (Lipinski definition) is 7. The molecule has 4 aromatic rings. The van der Waals surface area contributed by atoms with E-state index in [0.717, 1.165) is 28.3 Å². The lowest BCUT2D eigenvalue weighted by Gasteiger charge is -2.35. The number of benzene rings is 2. The normalized spacial score (nSPS) is 15.3. The smallest absolute Gasteiger partial charge is 0.294 e. The van der Waals surface area contributed by atoms with Crippen molar-refractivity contribution in [2.45, 2.75) is 6.67 Å². The summed E-state index contributed by atoms with van der Waals surface area (Å²) >= 11 is 13.2. The first kappa shape index (κ1) is 19.4. The summed E-state index contributed by atoms with van der Waals surface area (Å²) in [5.41, 5.74) is 1.72. The van der Waals surface area contributed by atoms with Crippen LogP contribution < -0.4 is 4.90 Å². The van der Waals surface area contributed by atoms with Crippen molar-refractivity contribution in [1.82, 2.24) is 19.1 Å². The third-order valence-electron chi connectivity index (χ3n) is 5.30. The Kier molecular flexibility index (Phi) is 4.94. The van der Waals surface area contributed by atoms with Crippen LogP contribution in [-0.4, -0.2) is 50.2 Å². The second-order valence-corrected chi connectivity index (χ2v) is 8.92. The van der Waals surface area contributed by atoms with Crippen LogP contribution in [0.4, 0.5) is 11.4 Å². The van der Waals surface area contributed by atoms with Gasteiger partial charge in [0.05, 0.1) is 21.8 Å². The third kappa shape index (κ3) is 3.35. The lowest BCUT2D eigenvalue weighted by Crippen LogP contribution is -2.47. The topological polar surface area (TPSA) is 71.8 Å². The Morgan fingerprint density at radius 2 is 1.93 bits per heavy atom. The van der Waals surface area contributed by atoms with Gasteiger partial charge in [-0.3, -0.25) is 19.4 Å². The summed E-state index contributed by atoms with van der Waals surface area (Å²) in [7, 11) is 0. The SMILES string of the molecule is O=[N+]([O-])c1cc(Cl)ccc1N1CCN(Cn2nc3sc4ccccc4n3c2=S)CC1. The van der Waals surface area contributed by atoms with Crippen LogP contribution in [0.5, 0.6) is 0 Å². The molecule has 8 nitrogen and oxygen atoms in total. The Labute approximate surface area is 185 Å². The highest BCUT2D eigenvalue weighted by molar-refractivity contribution is 7.71. The Morgan fingerprint density at radius 3 is 2.70 bits per heavy atom. The molecule has 1 fully saturated rings. The van der Waals surface area contributed by atoms with Crippen LogP contribution in [-0.2, 0) is 6.67 Å². The van der Waals surface area contributed by atoms with Gasteiger partial charge >= 0.3 is 0 Å². The van der Waals surface area contributed by atoms with Crippen molar-refractivity contribution in [3.8, 4) is 0 Å². The summed E-state index contributed by atoms with van der Waals surface area (Å²) in [6, 6.07) is 13.0. The largest absolute Gasteiger partial charge is 0.363 e. The number of nitrogens with zero attached hydrogens (tertiary/aromatic N) is 6. The van der Waals surface area contributed by atoms with E-state index in [2.05, 4.69) is 17.0 Å². The number of anilines is 1. The molecule has 1 saturated heterocycles. The summed E-state index contributed by atoms with van der Waals surface area (Å²) in [6.07, 6.45) is 0. The predicted molar refractivity (Wildman–Crippen MR) is 121 cm³/mol. The van der Waals surface area contributed by atoms with E-state index in [1.54, 1.807) is 23.5 Å². The molecule has 0 N–H and O–H groups in total. The lowest BCUT2D eigenvalue weighted by atomic mass is 10.2. The van der Waals surface area contributed by atoms with Gasteiger partial charge in [0.25, 0.3) is 5.69 Å². The van der Waals surface area contributed by atoms with E-state index in [9.17, 15) is 10.1 Å². The average Bonchev–Trinajstić information content (AvgIpc) is 3.25. The fraction of sp³-hybridized carbons (Fsp3) is 0.263. The molecule has 2 aromatic carbocycles. The molecule has 0 bridgehead atoms. The summed E-state index contributed by atoms with van der Waals surface area (Å²) < 4.78 is 5.71. The van der Waals surface area contributed by atoms with Gasteiger partial charge in [0.1, 0.15) is 5.69 Å². The van der Waals surface area contributed by atoms with E-state index >= 15 is 0 Å². The third-order valence-corrected chi connectivity index (χ3v) is 6.94. The van der Waals surface area contributed by atoms with Crippen LogP contribution in [0.2, 0.25) is 5.02 Å². The van der Waals surface area contributed by atoms with Crippen LogP contribution >= 0.6 is 35.2 Å². The van der Waals surface area contributed by atoms with Crippen LogP contribution in [0.15, 0.2) is 42.5 Å². The maximum absolute atomic E-state index is 11.4. The van der Waals surface area contributed by atoms with Crippen molar-refractivity contribution in [1.29, 1.82) is 0 Å². The van der Waals surface area contributed by atoms with Gasteiger partial charge in [-0.2, -0.15) is 0 Å². The maximum atomic E-state index is 11.4. The molecule has 0 aliphatic carbocycles. The number of thiazole rings is 1. The molecule has 2 aromatic heterocycles. The summed E-state index contributed by atoms with van der Waals surface area (Å²) in [5.74, 6) is 0. The molecular formula is C19H17ClN6O2S2. The van der Waals surface area contributed by atoms with Crippen molar-refractivity contribution in [3.63, 3.8) is 0 Å². The first-order valence-corrected chi connectivity index (χ1v) is 11.0. The molecule has 154 valence electrons. The zero-order valence-electron chi connectivity index (χ0n) is 15.8. The second-order valence-electron chi connectivity index (χ2n) is 7.11. The van der Waals surface area contributed by atoms with E-state index in [0.29, 0.717) is 35.2 Å². The molecule has 11 heteroatoms. The van der Waals surface area contributed by atoms with E-state index in [4.69, 9.17) is 28.9 Å². The van der Waals surface area contributed by atoms with Gasteiger partial charge < -0.3 is 4.90 Å². The highest BCUT2D eigenvalue weighted by Gasteiger charge is 2.24. The highest BCUT2D eigenvalue weighted by atomic mass is 35.5. The fourth-order valence-electron chi connectivity index (χ4n) is 3.81. The highest BCUT2D eigenvalue weighted by Crippen LogP contribution is 2.32. The molecule has 0 atom stereocenters. The number of halogens is 1. The first-order valence-electron chi connectivity index (χ1n) is 9.39. The Morgan fingerprint density at radius 1 is 1.17 bits per heavy atom. The Hall–Kier alpha value is -2.53. The van der Waals surface area contributed by atoms with Crippen LogP contribution in [0.3, 0.4) is 0 Å². The van der Waals surface area contributed by atoms with Crippen LogP contribution in [0.1, 0.15) is 0 Å². The van der Waals surface area contributed by atoms with E-state index in [1.807, 2.05) is 26.1 Å². The zero-order valence-corrected chi connectivity index (χ0v) is 18.2. The average molecular weight is 461 g/mol. The van der Waals surface area contributed by atoms with Gasteiger partial charge in [-0.15, -0.1) is 5.10 Å². The monoisotopic (exact) mass is 460 g/mol. The van der Waals surface area contributed by atoms with E-state index < -0.39 is 0 Å². The maximum Gasteiger partial charge on any atom is 0.294 e. The van der Waals surface area contributed by atoms with Crippen molar-refractivity contribution in [2.24, 2.45) is 0 Å². The molecular weight excluding hydrogens is 444 g/mol. The predicted octanol–water partition coefficient (Wildman–Crippen LogP) is 4.42. The van der Waals surface area contributed by atoms with Gasteiger partial charge in [-0.05, 0) is 36.5 Å². The number of hydrogen-bond donors (Lipinski definition) is 0. The molecule has 0 saturated carbocycles. The van der Waals surface area contributed by atoms with Gasteiger partial charge in [-0.1, -0.05) is 35.1 Å². The van der Waals surface area contributed by atoms with Gasteiger partial charge in [0.2, 0.25) is 9.73 Å². The minimum atomic E-state index is -0.380. The van der Waals surface area contributed by atoms with Gasteiger partial charge in [-0.25, -0.2) is 4.68 Å². The summed E-state index contributed by atoms with van der Waals surface area (Å²) in [4.78, 5) is 16.2. The number of nitro benzene ring substituents is 1. The number of nitro groups is 1. The Balaban J connectivity index is 1.33. The molecule has 1 aliphatic rings. The molecule has 5 rings (SSSR count). The van der Waals surface area contributed by atoms with Crippen LogP contribution in [0, 0.1) is 14.9 Å². The molecule has 0 amide bonds. The zero-order chi connectivity index (χ0) is 20.8. The van der Waals surface area contributed by atoms with Crippen LogP contribution in [0.25, 0.3) is 15.2 Å². The van der Waals surface area contributed by atoms with Crippen molar-refractivity contribution < 1.29 is 4.92 Å². The molecule has 3 heterocycles. The molecule has 1 aliphatic heterocycles. The number of fused-ring (bicyclic) bond motifs is 3. The number of piperazine rings is 1. The van der Waals surface area contributed by atoms with E-state index in [1.165, 1.54) is 6.07 Å². The number of rotatable bonds is 4. The summed E-state index contributed by atoms with van der Waals surface area (Å²) in [6.45, 7) is 3.47. The second kappa shape index (κ2) is 7.62. The minimum Gasteiger partial charge on any atom is -0.363 e. The minimum absolute atomic E-state index is 0.0411. The lowest BCUT2D eigenvalue weighted by molar-refractivity contribution is -0.384. The van der Waals surface area contributed by atoms with Crippen molar-refractivity contribution >= 4 is 61.7 Å². The van der Waals surface area contributed by atoms with Gasteiger partial charge in [0, 0.05) is 37.3 Å². The Bertz CT molecular complexity index is 1320. The standard InChI is InChI=1S/C19H17ClN6O2S2/c20-13-5-6-14(16(11-13)26(27)28)23-9-7-22(8-10-23)12-24-19(29)25-15-3-1-2-4-17(15)30-18(25)21-24/h1-6,11H,7-10,12H2. The number of aromatic nitrogens is 3. The van der Waals surface area contributed by atoms with Crippen molar-refractivity contribution in [2.75, 3.05) is 31.1 Å². The first-order chi connectivity index (χ1) is 14.5. The molecule has 0 radical (unpaired) electrons. The number of para-hydroxylation sites is 1. The van der Waals surface area contributed by atoms with E-state index in [-0.39, 0.29) is 10.6 Å². The quantitative estimate of drug-likeness (QED) is 0.255. The van der Waals surface area contributed by atoms with Gasteiger partial charge in [0.15, 0.2) is 0 Å². The summed E-state index contributed by atoms with van der Waals surface area (Å²) in [5, 5.41) is 16.5. The fourth-order valence-corrected chi connectivity index (χ4v) is 5.34. The molecule has 0 spiro atoms. The molecule has 30 heavy (non-hydrogen) atoms. The molecule has 0 unspecified atom stereocenters. The van der Waals surface area contributed by atoms with Crippen molar-refractivity contribution in [3.05, 3.63) is 62.4 Å².